The molecule has 2 rings (SSSR count). The highest BCUT2D eigenvalue weighted by Crippen LogP contribution is 2.13. The zero-order chi connectivity index (χ0) is 18.9. The fourth-order valence-corrected chi connectivity index (χ4v) is 2.06. The standard InChI is InChI=1S/C19H23FN4O2/c1-4-13(2)26-23-9-5-6-15-7-8-18(22-10-15)24-19(25)16-11-21-12-17(20)14(16)3/h7-13H,4-6H2,1-3H3,(H,22,24,25)/b23-9+. The van der Waals surface area contributed by atoms with Crippen molar-refractivity contribution in [2.45, 2.75) is 46.1 Å². The Balaban J connectivity index is 1.87. The number of carbonyl (C=O) groups excluding carboxylic acids is 1. The number of anilines is 1. The van der Waals surface area contributed by atoms with E-state index >= 15 is 0 Å². The van der Waals surface area contributed by atoms with E-state index in [4.69, 9.17) is 4.84 Å². The van der Waals surface area contributed by atoms with Crippen LogP contribution in [0.2, 0.25) is 0 Å². The predicted octanol–water partition coefficient (Wildman–Crippen LogP) is 3.91. The number of hydrogen-bond acceptors (Lipinski definition) is 5. The zero-order valence-corrected chi connectivity index (χ0v) is 15.2. The Morgan fingerprint density at radius 2 is 2.19 bits per heavy atom. The van der Waals surface area contributed by atoms with E-state index in [-0.39, 0.29) is 17.2 Å². The average Bonchev–Trinajstić information content (AvgIpc) is 2.64. The molecule has 0 fully saturated rings. The first-order chi connectivity index (χ1) is 12.5. The molecular weight excluding hydrogens is 335 g/mol. The van der Waals surface area contributed by atoms with Gasteiger partial charge in [-0.3, -0.25) is 9.78 Å². The summed E-state index contributed by atoms with van der Waals surface area (Å²) < 4.78 is 13.5. The highest BCUT2D eigenvalue weighted by molar-refractivity contribution is 6.04. The maximum absolute atomic E-state index is 13.5. The van der Waals surface area contributed by atoms with Crippen LogP contribution in [0.3, 0.4) is 0 Å². The fourth-order valence-electron chi connectivity index (χ4n) is 2.06. The number of aryl methyl sites for hydroxylation is 1. The number of hydrogen-bond donors (Lipinski definition) is 1. The van der Waals surface area contributed by atoms with Crippen molar-refractivity contribution >= 4 is 17.9 Å². The van der Waals surface area contributed by atoms with Gasteiger partial charge in [-0.05, 0) is 44.7 Å². The van der Waals surface area contributed by atoms with Crippen molar-refractivity contribution in [3.63, 3.8) is 0 Å². The predicted molar refractivity (Wildman–Crippen MR) is 98.8 cm³/mol. The van der Waals surface area contributed by atoms with Crippen LogP contribution in [0, 0.1) is 12.7 Å². The molecule has 26 heavy (non-hydrogen) atoms. The van der Waals surface area contributed by atoms with Crippen LogP contribution in [0.25, 0.3) is 0 Å². The number of rotatable bonds is 8. The van der Waals surface area contributed by atoms with Crippen LogP contribution in [0.4, 0.5) is 10.2 Å². The Kier molecular flexibility index (Phi) is 7.20. The van der Waals surface area contributed by atoms with Crippen LogP contribution < -0.4 is 5.32 Å². The summed E-state index contributed by atoms with van der Waals surface area (Å²) in [5.74, 6) is -0.555. The van der Waals surface area contributed by atoms with Crippen LogP contribution in [0.1, 0.15) is 48.2 Å². The van der Waals surface area contributed by atoms with E-state index in [0.29, 0.717) is 5.82 Å². The number of nitrogens with zero attached hydrogens (tertiary/aromatic N) is 3. The summed E-state index contributed by atoms with van der Waals surface area (Å²) in [7, 11) is 0. The third-order valence-electron chi connectivity index (χ3n) is 3.92. The Morgan fingerprint density at radius 1 is 1.38 bits per heavy atom. The van der Waals surface area contributed by atoms with E-state index in [1.165, 1.54) is 13.1 Å². The van der Waals surface area contributed by atoms with Gasteiger partial charge < -0.3 is 10.2 Å². The number of aromatic nitrogens is 2. The maximum Gasteiger partial charge on any atom is 0.258 e. The summed E-state index contributed by atoms with van der Waals surface area (Å²) in [6, 6.07) is 3.59. The first-order valence-corrected chi connectivity index (χ1v) is 8.55. The minimum absolute atomic E-state index is 0.118. The summed E-state index contributed by atoms with van der Waals surface area (Å²) in [4.78, 5) is 25.4. The molecule has 1 amide bonds. The summed E-state index contributed by atoms with van der Waals surface area (Å²) in [6.45, 7) is 5.54. The van der Waals surface area contributed by atoms with Gasteiger partial charge in [0, 0.05) is 24.2 Å². The molecule has 0 saturated carbocycles. The summed E-state index contributed by atoms with van der Waals surface area (Å²) in [5, 5.41) is 6.57. The van der Waals surface area contributed by atoms with Gasteiger partial charge in [-0.1, -0.05) is 18.1 Å². The van der Waals surface area contributed by atoms with Gasteiger partial charge in [-0.2, -0.15) is 0 Å². The quantitative estimate of drug-likeness (QED) is 0.573. The molecule has 0 saturated heterocycles. The monoisotopic (exact) mass is 358 g/mol. The second-order valence-corrected chi connectivity index (χ2v) is 5.95. The summed E-state index contributed by atoms with van der Waals surface area (Å²) >= 11 is 0. The van der Waals surface area contributed by atoms with Gasteiger partial charge in [-0.25, -0.2) is 9.37 Å². The van der Waals surface area contributed by atoms with Crippen LogP contribution in [0.15, 0.2) is 35.9 Å². The second-order valence-electron chi connectivity index (χ2n) is 5.95. The lowest BCUT2D eigenvalue weighted by Crippen LogP contribution is -2.15. The number of carbonyl (C=O) groups is 1. The number of halogens is 1. The molecule has 0 bridgehead atoms. The minimum Gasteiger partial charge on any atom is -0.393 e. The van der Waals surface area contributed by atoms with Crippen LogP contribution in [0.5, 0.6) is 0 Å². The lowest BCUT2D eigenvalue weighted by atomic mass is 10.1. The van der Waals surface area contributed by atoms with Gasteiger partial charge in [-0.15, -0.1) is 0 Å². The molecule has 2 aromatic heterocycles. The van der Waals surface area contributed by atoms with Gasteiger partial charge in [0.2, 0.25) is 0 Å². The largest absolute Gasteiger partial charge is 0.393 e. The molecule has 2 aromatic rings. The first kappa shape index (κ1) is 19.5. The lowest BCUT2D eigenvalue weighted by molar-refractivity contribution is 0.0707. The van der Waals surface area contributed by atoms with Crippen molar-refractivity contribution in [2.24, 2.45) is 5.16 Å². The number of pyridine rings is 2. The molecule has 7 heteroatoms. The topological polar surface area (TPSA) is 76.5 Å². The van der Waals surface area contributed by atoms with Gasteiger partial charge in [0.15, 0.2) is 0 Å². The molecule has 138 valence electrons. The Morgan fingerprint density at radius 3 is 2.88 bits per heavy atom. The van der Waals surface area contributed by atoms with Crippen LogP contribution in [-0.4, -0.2) is 28.2 Å². The van der Waals surface area contributed by atoms with Crippen molar-refractivity contribution in [1.82, 2.24) is 9.97 Å². The van der Waals surface area contributed by atoms with Crippen molar-refractivity contribution in [1.29, 1.82) is 0 Å². The fraction of sp³-hybridized carbons (Fsp3) is 0.368. The average molecular weight is 358 g/mol. The van der Waals surface area contributed by atoms with Crippen molar-refractivity contribution in [3.8, 4) is 0 Å². The number of oxime groups is 1. The van der Waals surface area contributed by atoms with E-state index in [2.05, 4.69) is 20.4 Å². The molecule has 2 heterocycles. The SMILES string of the molecule is CCC(C)O/N=C/CCc1ccc(NC(=O)c2cncc(F)c2C)nc1. The van der Waals surface area contributed by atoms with Gasteiger partial charge >= 0.3 is 0 Å². The lowest BCUT2D eigenvalue weighted by Gasteiger charge is -2.08. The maximum atomic E-state index is 13.5. The summed E-state index contributed by atoms with van der Waals surface area (Å²) in [6.07, 6.45) is 8.38. The smallest absolute Gasteiger partial charge is 0.258 e. The van der Waals surface area contributed by atoms with Gasteiger partial charge in [0.25, 0.3) is 5.91 Å². The normalized spacial score (nSPS) is 12.2. The third kappa shape index (κ3) is 5.61. The molecule has 0 aliphatic carbocycles. The van der Waals surface area contributed by atoms with E-state index in [9.17, 15) is 9.18 Å². The van der Waals surface area contributed by atoms with Crippen LogP contribution >= 0.6 is 0 Å². The first-order valence-electron chi connectivity index (χ1n) is 8.55. The highest BCUT2D eigenvalue weighted by atomic mass is 19.1. The third-order valence-corrected chi connectivity index (χ3v) is 3.92. The molecule has 0 aliphatic heterocycles. The molecular formula is C19H23FN4O2. The van der Waals surface area contributed by atoms with Crippen molar-refractivity contribution in [3.05, 3.63) is 53.2 Å². The van der Waals surface area contributed by atoms with E-state index in [1.807, 2.05) is 19.9 Å². The molecule has 0 spiro atoms. The summed E-state index contributed by atoms with van der Waals surface area (Å²) in [5.41, 5.74) is 1.46. The molecule has 1 N–H and O–H groups in total. The molecule has 0 aromatic carbocycles. The Bertz CT molecular complexity index is 763. The molecule has 1 atom stereocenters. The highest BCUT2D eigenvalue weighted by Gasteiger charge is 2.13. The Hall–Kier alpha value is -2.83. The molecule has 6 nitrogen and oxygen atoms in total. The van der Waals surface area contributed by atoms with E-state index < -0.39 is 11.7 Å². The second kappa shape index (κ2) is 9.60. The van der Waals surface area contributed by atoms with Crippen molar-refractivity contribution < 1.29 is 14.0 Å². The molecule has 1 unspecified atom stereocenters. The van der Waals surface area contributed by atoms with E-state index in [0.717, 1.165) is 31.0 Å². The number of nitrogens with one attached hydrogen (secondary N) is 1. The van der Waals surface area contributed by atoms with E-state index in [1.54, 1.807) is 18.5 Å². The molecule has 0 aliphatic rings. The minimum atomic E-state index is -0.514. The van der Waals surface area contributed by atoms with Gasteiger partial charge in [0.1, 0.15) is 17.7 Å². The molecule has 0 radical (unpaired) electrons. The number of amides is 1. The van der Waals surface area contributed by atoms with Crippen LogP contribution in [-0.2, 0) is 11.3 Å². The Labute approximate surface area is 152 Å². The zero-order valence-electron chi connectivity index (χ0n) is 15.2. The van der Waals surface area contributed by atoms with Crippen molar-refractivity contribution in [2.75, 3.05) is 5.32 Å². The van der Waals surface area contributed by atoms with Gasteiger partial charge in [0.05, 0.1) is 11.8 Å².